The molecule has 0 aromatic heterocycles. The maximum atomic E-state index is 13.1. The molecule has 0 saturated carbocycles. The minimum absolute atomic E-state index is 0.111. The first-order valence-electron chi connectivity index (χ1n) is 10.00. The average molecular weight is 493 g/mol. The number of benzene rings is 2. The molecule has 4 rings (SSSR count). The third-order valence-electron chi connectivity index (χ3n) is 5.56. The van der Waals surface area contributed by atoms with Gasteiger partial charge in [-0.2, -0.15) is 0 Å². The number of nitrogens with one attached hydrogen (secondary N) is 1. The molecule has 2 aliphatic rings. The second-order valence-electron chi connectivity index (χ2n) is 7.07. The Hall–Kier alpha value is -2.81. The minimum atomic E-state index is -0.485. The van der Waals surface area contributed by atoms with Crippen LogP contribution in [0.15, 0.2) is 22.7 Å². The number of carbonyl (C=O) groups is 1. The van der Waals surface area contributed by atoms with Crippen LogP contribution in [-0.2, 0) is 6.42 Å². The summed E-state index contributed by atoms with van der Waals surface area (Å²) in [5.41, 5.74) is 2.64. The molecule has 1 atom stereocenters. The third kappa shape index (κ3) is 3.40. The highest BCUT2D eigenvalue weighted by atomic mass is 79.9. The van der Waals surface area contributed by atoms with E-state index in [1.165, 1.54) is 0 Å². The standard InChI is InChI=1S/C22H25BrN2O6/c1-5-24-22(26)25-10-9-12-15(19(29-4)21-20(16(12)23)30-11-31-21)17(25)13-7-6-8-14(27-2)18(13)28-3/h6-8,17H,5,9-11H2,1-4H3,(H,24,26). The van der Waals surface area contributed by atoms with Crippen LogP contribution in [-0.4, -0.2) is 52.1 Å². The Labute approximate surface area is 189 Å². The number of rotatable bonds is 5. The second-order valence-corrected chi connectivity index (χ2v) is 7.86. The van der Waals surface area contributed by atoms with Gasteiger partial charge >= 0.3 is 6.03 Å². The van der Waals surface area contributed by atoms with Crippen LogP contribution in [0.1, 0.15) is 29.7 Å². The summed E-state index contributed by atoms with van der Waals surface area (Å²) in [6.07, 6.45) is 0.628. The predicted molar refractivity (Wildman–Crippen MR) is 118 cm³/mol. The van der Waals surface area contributed by atoms with Gasteiger partial charge in [0, 0.05) is 24.2 Å². The molecule has 1 unspecified atom stereocenters. The molecule has 9 heteroatoms. The van der Waals surface area contributed by atoms with Crippen LogP contribution < -0.4 is 29.0 Å². The van der Waals surface area contributed by atoms with Crippen molar-refractivity contribution in [2.24, 2.45) is 0 Å². The molecule has 2 aromatic rings. The van der Waals surface area contributed by atoms with Gasteiger partial charge in [0.1, 0.15) is 0 Å². The zero-order valence-electron chi connectivity index (χ0n) is 17.9. The van der Waals surface area contributed by atoms with Gasteiger partial charge < -0.3 is 33.9 Å². The molecule has 0 bridgehead atoms. The molecule has 166 valence electrons. The van der Waals surface area contributed by atoms with E-state index < -0.39 is 6.04 Å². The number of urea groups is 1. The summed E-state index contributed by atoms with van der Waals surface area (Å²) in [6.45, 7) is 3.03. The van der Waals surface area contributed by atoms with Gasteiger partial charge in [0.25, 0.3) is 0 Å². The fraction of sp³-hybridized carbons (Fsp3) is 0.409. The number of amides is 2. The zero-order valence-corrected chi connectivity index (χ0v) is 19.5. The van der Waals surface area contributed by atoms with Crippen LogP contribution in [0, 0.1) is 0 Å². The van der Waals surface area contributed by atoms with Gasteiger partial charge in [0.15, 0.2) is 23.0 Å². The number of nitrogens with zero attached hydrogens (tertiary/aromatic N) is 1. The first-order chi connectivity index (χ1) is 15.1. The number of ether oxygens (including phenoxy) is 5. The molecule has 0 fully saturated rings. The second kappa shape index (κ2) is 8.74. The Morgan fingerprint density at radius 1 is 1.16 bits per heavy atom. The number of halogens is 1. The molecule has 2 heterocycles. The van der Waals surface area contributed by atoms with E-state index in [9.17, 15) is 4.79 Å². The number of fused-ring (bicyclic) bond motifs is 2. The van der Waals surface area contributed by atoms with E-state index in [1.807, 2.05) is 25.1 Å². The summed E-state index contributed by atoms with van der Waals surface area (Å²) in [5.74, 6) is 2.85. The summed E-state index contributed by atoms with van der Waals surface area (Å²) in [6, 6.07) is 5.00. The lowest BCUT2D eigenvalue weighted by atomic mass is 9.86. The molecular weight excluding hydrogens is 468 g/mol. The summed E-state index contributed by atoms with van der Waals surface area (Å²) in [5, 5.41) is 2.92. The Kier molecular flexibility index (Phi) is 6.04. The first-order valence-corrected chi connectivity index (χ1v) is 10.8. The summed E-state index contributed by atoms with van der Waals surface area (Å²) >= 11 is 3.70. The van der Waals surface area contributed by atoms with Crippen molar-refractivity contribution in [2.75, 3.05) is 41.2 Å². The molecule has 31 heavy (non-hydrogen) atoms. The van der Waals surface area contributed by atoms with Gasteiger partial charge in [-0.25, -0.2) is 4.79 Å². The average Bonchev–Trinajstić information content (AvgIpc) is 3.28. The van der Waals surface area contributed by atoms with Gasteiger partial charge in [0.05, 0.1) is 31.8 Å². The largest absolute Gasteiger partial charge is 0.493 e. The third-order valence-corrected chi connectivity index (χ3v) is 6.40. The van der Waals surface area contributed by atoms with Gasteiger partial charge in [-0.3, -0.25) is 0 Å². The van der Waals surface area contributed by atoms with Crippen molar-refractivity contribution < 1.29 is 28.5 Å². The van der Waals surface area contributed by atoms with Gasteiger partial charge in [0.2, 0.25) is 12.5 Å². The van der Waals surface area contributed by atoms with Crippen molar-refractivity contribution >= 4 is 22.0 Å². The Balaban J connectivity index is 2.01. The van der Waals surface area contributed by atoms with Crippen molar-refractivity contribution in [1.82, 2.24) is 10.2 Å². The maximum absolute atomic E-state index is 13.1. The highest BCUT2D eigenvalue weighted by Crippen LogP contribution is 2.56. The van der Waals surface area contributed by atoms with E-state index in [1.54, 1.807) is 26.2 Å². The van der Waals surface area contributed by atoms with Crippen LogP contribution in [0.3, 0.4) is 0 Å². The Morgan fingerprint density at radius 2 is 1.90 bits per heavy atom. The predicted octanol–water partition coefficient (Wildman–Crippen LogP) is 3.88. The summed E-state index contributed by atoms with van der Waals surface area (Å²) in [7, 11) is 4.78. The highest BCUT2D eigenvalue weighted by molar-refractivity contribution is 9.10. The maximum Gasteiger partial charge on any atom is 0.318 e. The zero-order chi connectivity index (χ0) is 22.1. The van der Waals surface area contributed by atoms with E-state index in [-0.39, 0.29) is 12.8 Å². The smallest absolute Gasteiger partial charge is 0.318 e. The van der Waals surface area contributed by atoms with Crippen molar-refractivity contribution in [3.63, 3.8) is 0 Å². The van der Waals surface area contributed by atoms with E-state index in [0.29, 0.717) is 48.3 Å². The van der Waals surface area contributed by atoms with Gasteiger partial charge in [-0.1, -0.05) is 12.1 Å². The van der Waals surface area contributed by atoms with Gasteiger partial charge in [-0.05, 0) is 40.9 Å². The Bertz CT molecular complexity index is 1010. The van der Waals surface area contributed by atoms with Crippen molar-refractivity contribution in [3.05, 3.63) is 39.4 Å². The van der Waals surface area contributed by atoms with Crippen LogP contribution in [0.2, 0.25) is 0 Å². The lowest BCUT2D eigenvalue weighted by Crippen LogP contribution is -2.46. The lowest BCUT2D eigenvalue weighted by Gasteiger charge is -2.39. The van der Waals surface area contributed by atoms with Crippen molar-refractivity contribution in [3.8, 4) is 28.7 Å². The number of hydrogen-bond acceptors (Lipinski definition) is 6. The quantitative estimate of drug-likeness (QED) is 0.682. The molecule has 2 aromatic carbocycles. The molecule has 2 aliphatic heterocycles. The number of carbonyl (C=O) groups excluding carboxylic acids is 1. The highest BCUT2D eigenvalue weighted by Gasteiger charge is 2.41. The molecule has 1 N–H and O–H groups in total. The molecule has 2 amide bonds. The Morgan fingerprint density at radius 3 is 2.58 bits per heavy atom. The fourth-order valence-electron chi connectivity index (χ4n) is 4.30. The number of hydrogen-bond donors (Lipinski definition) is 1. The summed E-state index contributed by atoms with van der Waals surface area (Å²) < 4.78 is 29.3. The minimum Gasteiger partial charge on any atom is -0.493 e. The van der Waals surface area contributed by atoms with Crippen LogP contribution in [0.4, 0.5) is 4.79 Å². The van der Waals surface area contributed by atoms with E-state index >= 15 is 0 Å². The molecule has 0 spiro atoms. The van der Waals surface area contributed by atoms with Crippen LogP contribution >= 0.6 is 15.9 Å². The first kappa shape index (κ1) is 21.4. The van der Waals surface area contributed by atoms with Gasteiger partial charge in [-0.15, -0.1) is 0 Å². The molecule has 0 aliphatic carbocycles. The summed E-state index contributed by atoms with van der Waals surface area (Å²) in [4.78, 5) is 14.9. The topological polar surface area (TPSA) is 78.5 Å². The molecular formula is C22H25BrN2O6. The fourth-order valence-corrected chi connectivity index (χ4v) is 5.01. The van der Waals surface area contributed by atoms with Crippen LogP contribution in [0.25, 0.3) is 0 Å². The van der Waals surface area contributed by atoms with E-state index in [2.05, 4.69) is 21.2 Å². The van der Waals surface area contributed by atoms with Crippen LogP contribution in [0.5, 0.6) is 28.7 Å². The molecule has 0 saturated heterocycles. The number of methoxy groups -OCH3 is 3. The van der Waals surface area contributed by atoms with Crippen molar-refractivity contribution in [1.29, 1.82) is 0 Å². The number of para-hydroxylation sites is 1. The monoisotopic (exact) mass is 492 g/mol. The van der Waals surface area contributed by atoms with Crippen molar-refractivity contribution in [2.45, 2.75) is 19.4 Å². The van der Waals surface area contributed by atoms with E-state index in [0.717, 1.165) is 21.2 Å². The SMILES string of the molecule is CCNC(=O)N1CCc2c(Br)c3c(c(OC)c2C1c1cccc(OC)c1OC)OCO3. The lowest BCUT2D eigenvalue weighted by molar-refractivity contribution is 0.169. The molecule has 8 nitrogen and oxygen atoms in total. The normalized spacial score (nSPS) is 16.5. The van der Waals surface area contributed by atoms with E-state index in [4.69, 9.17) is 23.7 Å². The molecule has 0 radical (unpaired) electrons.